The highest BCUT2D eigenvalue weighted by Crippen LogP contribution is 2.33. The average Bonchev–Trinajstić information content (AvgIpc) is 3.28. The van der Waals surface area contributed by atoms with Gasteiger partial charge in [-0.3, -0.25) is 9.69 Å². The highest BCUT2D eigenvalue weighted by atomic mass is 16.5. The first-order valence-corrected chi connectivity index (χ1v) is 8.95. The van der Waals surface area contributed by atoms with Gasteiger partial charge in [0, 0.05) is 12.1 Å². The van der Waals surface area contributed by atoms with Crippen LogP contribution in [0.5, 0.6) is 0 Å². The summed E-state index contributed by atoms with van der Waals surface area (Å²) in [5.74, 6) is 1.38. The van der Waals surface area contributed by atoms with Gasteiger partial charge >= 0.3 is 0 Å². The number of benzene rings is 1. The zero-order valence-electron chi connectivity index (χ0n) is 15.7. The predicted octanol–water partition coefficient (Wildman–Crippen LogP) is 2.66. The fourth-order valence-electron chi connectivity index (χ4n) is 2.76. The Kier molecular flexibility index (Phi) is 5.97. The van der Waals surface area contributed by atoms with Crippen molar-refractivity contribution in [3.05, 3.63) is 42.0 Å². The van der Waals surface area contributed by atoms with E-state index in [0.29, 0.717) is 48.4 Å². The van der Waals surface area contributed by atoms with Crippen molar-refractivity contribution >= 4 is 5.91 Å². The number of carbonyl (C=O) groups is 1. The van der Waals surface area contributed by atoms with Crippen LogP contribution in [0.2, 0.25) is 0 Å². The van der Waals surface area contributed by atoms with Crippen molar-refractivity contribution in [1.29, 1.82) is 0 Å². The predicted molar refractivity (Wildman–Crippen MR) is 99.6 cm³/mol. The molecule has 2 heterocycles. The summed E-state index contributed by atoms with van der Waals surface area (Å²) in [6.45, 7) is 7.66. The second kappa shape index (κ2) is 8.59. The molecule has 0 unspecified atom stereocenters. The molecule has 0 radical (unpaired) electrons. The normalized spacial score (nSPS) is 11.1. The van der Waals surface area contributed by atoms with E-state index in [4.69, 9.17) is 8.94 Å². The third-order valence-electron chi connectivity index (χ3n) is 4.14. The van der Waals surface area contributed by atoms with Crippen molar-refractivity contribution in [2.24, 2.45) is 0 Å². The monoisotopic (exact) mass is 369 g/mol. The largest absolute Gasteiger partial charge is 0.419 e. The van der Waals surface area contributed by atoms with Gasteiger partial charge in [-0.1, -0.05) is 42.4 Å². The zero-order chi connectivity index (χ0) is 19.2. The van der Waals surface area contributed by atoms with E-state index in [2.05, 4.69) is 20.7 Å². The number of hydrogen-bond acceptors (Lipinski definition) is 7. The van der Waals surface area contributed by atoms with Crippen LogP contribution < -0.4 is 5.32 Å². The van der Waals surface area contributed by atoms with E-state index in [-0.39, 0.29) is 12.5 Å². The summed E-state index contributed by atoms with van der Waals surface area (Å²) >= 11 is 0. The lowest BCUT2D eigenvalue weighted by atomic mass is 10.1. The highest BCUT2D eigenvalue weighted by molar-refractivity contribution is 5.78. The lowest BCUT2D eigenvalue weighted by Gasteiger charge is -2.17. The topological polar surface area (TPSA) is 97.3 Å². The summed E-state index contributed by atoms with van der Waals surface area (Å²) in [7, 11) is 0. The minimum absolute atomic E-state index is 0.0275. The molecule has 0 fully saturated rings. The number of hydrogen-bond donors (Lipinski definition) is 1. The SMILES string of the molecule is CCNC(=O)CN(CC)Cc1nnc(-c2c(-c3ccccc3)noc2C)o1. The van der Waals surface area contributed by atoms with Crippen LogP contribution in [0.25, 0.3) is 22.7 Å². The second-order valence-electron chi connectivity index (χ2n) is 6.09. The summed E-state index contributed by atoms with van der Waals surface area (Å²) in [5.41, 5.74) is 2.26. The molecule has 0 saturated carbocycles. The Bertz CT molecular complexity index is 888. The molecule has 27 heavy (non-hydrogen) atoms. The molecule has 0 bridgehead atoms. The number of nitrogens with one attached hydrogen (secondary N) is 1. The van der Waals surface area contributed by atoms with Crippen molar-refractivity contribution in [3.8, 4) is 22.7 Å². The Balaban J connectivity index is 1.80. The van der Waals surface area contributed by atoms with E-state index < -0.39 is 0 Å². The standard InChI is InChI=1S/C19H23N5O3/c1-4-20-15(25)11-24(5-2)12-16-21-22-19(26-16)17-13(3)27-23-18(17)14-9-7-6-8-10-14/h6-10H,4-5,11-12H2,1-3H3,(H,20,25). The Labute approximate surface area is 157 Å². The third kappa shape index (κ3) is 4.40. The molecule has 0 aliphatic carbocycles. The Morgan fingerprint density at radius 3 is 2.67 bits per heavy atom. The van der Waals surface area contributed by atoms with Gasteiger partial charge in [0.1, 0.15) is 17.0 Å². The van der Waals surface area contributed by atoms with Crippen LogP contribution in [0.4, 0.5) is 0 Å². The molecule has 0 saturated heterocycles. The minimum Gasteiger partial charge on any atom is -0.419 e. The molecule has 1 amide bonds. The molecule has 0 spiro atoms. The van der Waals surface area contributed by atoms with E-state index in [1.807, 2.05) is 56.0 Å². The number of aryl methyl sites for hydroxylation is 1. The number of rotatable bonds is 8. The highest BCUT2D eigenvalue weighted by Gasteiger charge is 2.22. The average molecular weight is 369 g/mol. The molecule has 3 aromatic rings. The molecule has 1 aromatic carbocycles. The maximum absolute atomic E-state index is 11.8. The van der Waals surface area contributed by atoms with E-state index >= 15 is 0 Å². The Hall–Kier alpha value is -3.00. The third-order valence-corrected chi connectivity index (χ3v) is 4.14. The minimum atomic E-state index is -0.0275. The molecule has 8 nitrogen and oxygen atoms in total. The summed E-state index contributed by atoms with van der Waals surface area (Å²) in [5, 5.41) is 15.2. The number of likely N-dealkylation sites (N-methyl/N-ethyl adjacent to an activating group) is 2. The summed E-state index contributed by atoms with van der Waals surface area (Å²) in [6, 6.07) is 9.70. The quantitative estimate of drug-likeness (QED) is 0.652. The second-order valence-corrected chi connectivity index (χ2v) is 6.09. The molecule has 0 aliphatic rings. The molecule has 0 aliphatic heterocycles. The van der Waals surface area contributed by atoms with Gasteiger partial charge in [-0.05, 0) is 20.4 Å². The summed E-state index contributed by atoms with van der Waals surface area (Å²) < 4.78 is 11.2. The lowest BCUT2D eigenvalue weighted by molar-refractivity contribution is -0.122. The van der Waals surface area contributed by atoms with Gasteiger partial charge in [-0.2, -0.15) is 0 Å². The molecule has 0 atom stereocenters. The van der Waals surface area contributed by atoms with Crippen molar-refractivity contribution < 1.29 is 13.7 Å². The molecule has 1 N–H and O–H groups in total. The summed E-state index contributed by atoms with van der Waals surface area (Å²) in [4.78, 5) is 13.7. The molecule has 8 heteroatoms. The van der Waals surface area contributed by atoms with Gasteiger partial charge in [0.05, 0.1) is 13.1 Å². The van der Waals surface area contributed by atoms with Crippen LogP contribution in [0.15, 0.2) is 39.3 Å². The van der Waals surface area contributed by atoms with Gasteiger partial charge in [-0.15, -0.1) is 10.2 Å². The van der Waals surface area contributed by atoms with Gasteiger partial charge in [0.25, 0.3) is 5.89 Å². The smallest absolute Gasteiger partial charge is 0.253 e. The van der Waals surface area contributed by atoms with Crippen LogP contribution in [0.3, 0.4) is 0 Å². The molecule has 142 valence electrons. The fraction of sp³-hybridized carbons (Fsp3) is 0.368. The van der Waals surface area contributed by atoms with Crippen LogP contribution >= 0.6 is 0 Å². The number of nitrogens with zero attached hydrogens (tertiary/aromatic N) is 4. The van der Waals surface area contributed by atoms with Crippen LogP contribution in [-0.4, -0.2) is 45.8 Å². The van der Waals surface area contributed by atoms with Crippen LogP contribution in [0, 0.1) is 6.92 Å². The molecular weight excluding hydrogens is 346 g/mol. The fourth-order valence-corrected chi connectivity index (χ4v) is 2.76. The van der Waals surface area contributed by atoms with Gasteiger partial charge in [0.15, 0.2) is 0 Å². The molecule has 3 rings (SSSR count). The lowest BCUT2D eigenvalue weighted by Crippen LogP contribution is -2.36. The first-order chi connectivity index (χ1) is 13.1. The van der Waals surface area contributed by atoms with Crippen molar-refractivity contribution in [2.75, 3.05) is 19.6 Å². The number of carbonyl (C=O) groups excluding carboxylic acids is 1. The first kappa shape index (κ1) is 18.8. The van der Waals surface area contributed by atoms with E-state index in [1.165, 1.54) is 0 Å². The first-order valence-electron chi connectivity index (χ1n) is 8.95. The van der Waals surface area contributed by atoms with E-state index in [0.717, 1.165) is 5.56 Å². The molecular formula is C19H23N5O3. The molecule has 2 aromatic heterocycles. The van der Waals surface area contributed by atoms with Gasteiger partial charge < -0.3 is 14.3 Å². The number of aromatic nitrogens is 3. The van der Waals surface area contributed by atoms with Crippen LogP contribution in [0.1, 0.15) is 25.5 Å². The Morgan fingerprint density at radius 2 is 1.96 bits per heavy atom. The maximum atomic E-state index is 11.8. The summed E-state index contributed by atoms with van der Waals surface area (Å²) in [6.07, 6.45) is 0. The van der Waals surface area contributed by atoms with E-state index in [9.17, 15) is 4.79 Å². The van der Waals surface area contributed by atoms with Crippen LogP contribution in [-0.2, 0) is 11.3 Å². The van der Waals surface area contributed by atoms with Gasteiger partial charge in [0.2, 0.25) is 11.8 Å². The number of amides is 1. The van der Waals surface area contributed by atoms with Crippen molar-refractivity contribution in [1.82, 2.24) is 25.6 Å². The Morgan fingerprint density at radius 1 is 1.19 bits per heavy atom. The van der Waals surface area contributed by atoms with Gasteiger partial charge in [-0.25, -0.2) is 0 Å². The maximum Gasteiger partial charge on any atom is 0.253 e. The van der Waals surface area contributed by atoms with Crippen molar-refractivity contribution in [2.45, 2.75) is 27.3 Å². The zero-order valence-corrected chi connectivity index (χ0v) is 15.7. The van der Waals surface area contributed by atoms with Crippen molar-refractivity contribution in [3.63, 3.8) is 0 Å². The van der Waals surface area contributed by atoms with E-state index in [1.54, 1.807) is 0 Å².